The number of methoxy groups -OCH3 is 2. The van der Waals surface area contributed by atoms with Crippen LogP contribution in [0.15, 0.2) is 36.7 Å². The highest BCUT2D eigenvalue weighted by Gasteiger charge is 2.27. The number of carbonyl (C=O) groups excluding carboxylic acids is 1. The average Bonchev–Trinajstić information content (AvgIpc) is 2.68. The Morgan fingerprint density at radius 3 is 2.92 bits per heavy atom. The van der Waals surface area contributed by atoms with E-state index in [1.807, 2.05) is 29.2 Å². The van der Waals surface area contributed by atoms with E-state index in [2.05, 4.69) is 9.97 Å². The smallest absolute Gasteiger partial charge is 0.248 e. The molecule has 25 heavy (non-hydrogen) atoms. The third-order valence-corrected chi connectivity index (χ3v) is 4.50. The molecule has 2 heterocycles. The first kappa shape index (κ1) is 17.4. The van der Waals surface area contributed by atoms with Gasteiger partial charge in [-0.15, -0.1) is 0 Å². The van der Waals surface area contributed by atoms with Gasteiger partial charge in [0.2, 0.25) is 5.91 Å². The SMILES string of the molecule is COCC(=O)N1CCC[C@@H](c2nccnc2-c2cccc(OC)c2)C1. The number of nitrogens with zero attached hydrogens (tertiary/aromatic N) is 3. The zero-order valence-electron chi connectivity index (χ0n) is 14.6. The quantitative estimate of drug-likeness (QED) is 0.836. The Labute approximate surface area is 147 Å². The van der Waals surface area contributed by atoms with Gasteiger partial charge in [0, 0.05) is 44.1 Å². The Morgan fingerprint density at radius 1 is 1.28 bits per heavy atom. The molecule has 1 aliphatic rings. The van der Waals surface area contributed by atoms with E-state index in [4.69, 9.17) is 9.47 Å². The van der Waals surface area contributed by atoms with Crippen LogP contribution in [0.2, 0.25) is 0 Å². The summed E-state index contributed by atoms with van der Waals surface area (Å²) in [5.74, 6) is 0.984. The summed E-state index contributed by atoms with van der Waals surface area (Å²) < 4.78 is 10.3. The van der Waals surface area contributed by atoms with Crippen LogP contribution in [-0.2, 0) is 9.53 Å². The van der Waals surface area contributed by atoms with Crippen molar-refractivity contribution in [3.63, 3.8) is 0 Å². The topological polar surface area (TPSA) is 64.5 Å². The maximum absolute atomic E-state index is 12.2. The summed E-state index contributed by atoms with van der Waals surface area (Å²) in [6.07, 6.45) is 5.37. The van der Waals surface area contributed by atoms with Crippen molar-refractivity contribution in [2.45, 2.75) is 18.8 Å². The number of benzene rings is 1. The lowest BCUT2D eigenvalue weighted by molar-refractivity contribution is -0.136. The normalized spacial score (nSPS) is 17.4. The number of amides is 1. The summed E-state index contributed by atoms with van der Waals surface area (Å²) in [5, 5.41) is 0. The summed E-state index contributed by atoms with van der Waals surface area (Å²) in [4.78, 5) is 23.2. The lowest BCUT2D eigenvalue weighted by Gasteiger charge is -2.33. The minimum absolute atomic E-state index is 0.0269. The van der Waals surface area contributed by atoms with Gasteiger partial charge in [-0.25, -0.2) is 0 Å². The summed E-state index contributed by atoms with van der Waals surface area (Å²) in [6.45, 7) is 1.54. The van der Waals surface area contributed by atoms with Crippen molar-refractivity contribution in [2.75, 3.05) is 33.9 Å². The van der Waals surface area contributed by atoms with Crippen LogP contribution in [0, 0.1) is 0 Å². The van der Waals surface area contributed by atoms with Crippen LogP contribution < -0.4 is 4.74 Å². The molecule has 0 bridgehead atoms. The van der Waals surface area contributed by atoms with Gasteiger partial charge in [0.05, 0.1) is 18.5 Å². The second-order valence-corrected chi connectivity index (χ2v) is 6.13. The third-order valence-electron chi connectivity index (χ3n) is 4.50. The van der Waals surface area contributed by atoms with Gasteiger partial charge in [0.1, 0.15) is 12.4 Å². The van der Waals surface area contributed by atoms with Gasteiger partial charge < -0.3 is 14.4 Å². The van der Waals surface area contributed by atoms with Gasteiger partial charge >= 0.3 is 0 Å². The highest BCUT2D eigenvalue weighted by atomic mass is 16.5. The van der Waals surface area contributed by atoms with Crippen molar-refractivity contribution in [1.82, 2.24) is 14.9 Å². The van der Waals surface area contributed by atoms with E-state index in [9.17, 15) is 4.79 Å². The number of ether oxygens (including phenoxy) is 2. The lowest BCUT2D eigenvalue weighted by atomic mass is 9.91. The molecule has 1 saturated heterocycles. The number of rotatable bonds is 5. The van der Waals surface area contributed by atoms with Gasteiger partial charge in [0.15, 0.2) is 0 Å². The van der Waals surface area contributed by atoms with E-state index in [-0.39, 0.29) is 18.4 Å². The molecule has 1 fully saturated rings. The monoisotopic (exact) mass is 341 g/mol. The first-order chi connectivity index (χ1) is 12.2. The molecule has 0 saturated carbocycles. The van der Waals surface area contributed by atoms with Crippen molar-refractivity contribution in [3.8, 4) is 17.0 Å². The Morgan fingerprint density at radius 2 is 2.12 bits per heavy atom. The van der Waals surface area contributed by atoms with E-state index in [1.165, 1.54) is 0 Å². The molecule has 6 heteroatoms. The highest BCUT2D eigenvalue weighted by molar-refractivity contribution is 5.77. The number of aromatic nitrogens is 2. The summed E-state index contributed by atoms with van der Waals surface area (Å²) >= 11 is 0. The summed E-state index contributed by atoms with van der Waals surface area (Å²) in [7, 11) is 3.19. The third kappa shape index (κ3) is 3.96. The fraction of sp³-hybridized carbons (Fsp3) is 0.421. The first-order valence-corrected chi connectivity index (χ1v) is 8.45. The standard InChI is InChI=1S/C19H23N3O3/c1-24-13-17(23)22-10-4-6-15(12-22)19-18(20-8-9-21-19)14-5-3-7-16(11-14)25-2/h3,5,7-9,11,15H,4,6,10,12-13H2,1-2H3/t15-/m1/s1. The van der Waals surface area contributed by atoms with Gasteiger partial charge in [-0.05, 0) is 25.0 Å². The minimum atomic E-state index is 0.0269. The molecule has 1 aromatic heterocycles. The first-order valence-electron chi connectivity index (χ1n) is 8.45. The Hall–Kier alpha value is -2.47. The molecule has 1 aliphatic heterocycles. The van der Waals surface area contributed by atoms with Crippen LogP contribution in [-0.4, -0.2) is 54.7 Å². The van der Waals surface area contributed by atoms with Gasteiger partial charge in [-0.3, -0.25) is 14.8 Å². The zero-order valence-corrected chi connectivity index (χ0v) is 14.6. The second kappa shape index (κ2) is 8.07. The molecule has 0 radical (unpaired) electrons. The van der Waals surface area contributed by atoms with E-state index in [0.717, 1.165) is 42.1 Å². The van der Waals surface area contributed by atoms with E-state index < -0.39 is 0 Å². The van der Waals surface area contributed by atoms with E-state index >= 15 is 0 Å². The van der Waals surface area contributed by atoms with Gasteiger partial charge in [-0.2, -0.15) is 0 Å². The van der Waals surface area contributed by atoms with Crippen LogP contribution in [0.25, 0.3) is 11.3 Å². The number of hydrogen-bond donors (Lipinski definition) is 0. The maximum Gasteiger partial charge on any atom is 0.248 e. The number of likely N-dealkylation sites (tertiary alicyclic amines) is 1. The highest BCUT2D eigenvalue weighted by Crippen LogP contribution is 2.32. The fourth-order valence-electron chi connectivity index (χ4n) is 3.28. The minimum Gasteiger partial charge on any atom is -0.497 e. The Bertz CT molecular complexity index is 735. The molecule has 3 rings (SSSR count). The molecule has 1 atom stereocenters. The van der Waals surface area contributed by atoms with E-state index in [0.29, 0.717) is 6.54 Å². The summed E-state index contributed by atoms with van der Waals surface area (Å²) in [5.41, 5.74) is 2.76. The van der Waals surface area contributed by atoms with Crippen molar-refractivity contribution >= 4 is 5.91 Å². The lowest BCUT2D eigenvalue weighted by Crippen LogP contribution is -2.41. The van der Waals surface area contributed by atoms with Crippen LogP contribution in [0.5, 0.6) is 5.75 Å². The van der Waals surface area contributed by atoms with Crippen molar-refractivity contribution in [3.05, 3.63) is 42.4 Å². The predicted octanol–water partition coefficient (Wildman–Crippen LogP) is 2.50. The molecule has 0 N–H and O–H groups in total. The second-order valence-electron chi connectivity index (χ2n) is 6.13. The van der Waals surface area contributed by atoms with E-state index in [1.54, 1.807) is 26.6 Å². The van der Waals surface area contributed by atoms with Crippen LogP contribution >= 0.6 is 0 Å². The molecule has 0 aliphatic carbocycles. The number of hydrogen-bond acceptors (Lipinski definition) is 5. The average molecular weight is 341 g/mol. The fourth-order valence-corrected chi connectivity index (χ4v) is 3.28. The largest absolute Gasteiger partial charge is 0.497 e. The predicted molar refractivity (Wildman–Crippen MR) is 94.5 cm³/mol. The molecular weight excluding hydrogens is 318 g/mol. The van der Waals surface area contributed by atoms with Gasteiger partial charge in [0.25, 0.3) is 0 Å². The van der Waals surface area contributed by atoms with Crippen LogP contribution in [0.4, 0.5) is 0 Å². The number of carbonyl (C=O) groups is 1. The molecule has 2 aromatic rings. The molecule has 1 aromatic carbocycles. The van der Waals surface area contributed by atoms with Crippen molar-refractivity contribution in [1.29, 1.82) is 0 Å². The zero-order chi connectivity index (χ0) is 17.6. The molecule has 1 amide bonds. The van der Waals surface area contributed by atoms with Gasteiger partial charge in [-0.1, -0.05) is 12.1 Å². The Balaban J connectivity index is 1.88. The molecule has 0 spiro atoms. The Kier molecular flexibility index (Phi) is 5.60. The molecular formula is C19H23N3O3. The molecule has 132 valence electrons. The van der Waals surface area contributed by atoms with Crippen LogP contribution in [0.1, 0.15) is 24.5 Å². The molecule has 0 unspecified atom stereocenters. The molecule has 6 nitrogen and oxygen atoms in total. The van der Waals surface area contributed by atoms with Crippen molar-refractivity contribution in [2.24, 2.45) is 0 Å². The van der Waals surface area contributed by atoms with Crippen LogP contribution in [0.3, 0.4) is 0 Å². The number of piperidine rings is 1. The summed E-state index contributed by atoms with van der Waals surface area (Å²) in [6, 6.07) is 7.82. The van der Waals surface area contributed by atoms with Crippen molar-refractivity contribution < 1.29 is 14.3 Å². The maximum atomic E-state index is 12.2.